The van der Waals surface area contributed by atoms with Crippen molar-refractivity contribution < 1.29 is 18.3 Å². The number of pyridine rings is 1. The number of nitrogens with two attached hydrogens (primary N) is 1. The van der Waals surface area contributed by atoms with Gasteiger partial charge in [0.2, 0.25) is 5.91 Å². The van der Waals surface area contributed by atoms with Crippen LogP contribution in [0.1, 0.15) is 37.9 Å². The maximum Gasteiger partial charge on any atom is 0.354 e. The molecule has 0 aliphatic carbocycles. The molecule has 2 atom stereocenters. The van der Waals surface area contributed by atoms with E-state index in [9.17, 15) is 9.59 Å². The lowest BCUT2D eigenvalue weighted by Gasteiger charge is -2.45. The number of piperazine rings is 1. The van der Waals surface area contributed by atoms with Gasteiger partial charge < -0.3 is 20.3 Å². The summed E-state index contributed by atoms with van der Waals surface area (Å²) in [7, 11) is 0. The van der Waals surface area contributed by atoms with Crippen molar-refractivity contribution >= 4 is 63.1 Å². The van der Waals surface area contributed by atoms with Crippen molar-refractivity contribution in [2.24, 2.45) is 0 Å². The van der Waals surface area contributed by atoms with Crippen molar-refractivity contribution in [2.45, 2.75) is 45.7 Å². The van der Waals surface area contributed by atoms with Gasteiger partial charge in [-0.05, 0) is 43.5 Å². The van der Waals surface area contributed by atoms with Gasteiger partial charge in [-0.2, -0.15) is 4.98 Å². The second kappa shape index (κ2) is 11.7. The minimum absolute atomic E-state index is 0.00779. The van der Waals surface area contributed by atoms with Crippen LogP contribution in [0.5, 0.6) is 5.75 Å². The van der Waals surface area contributed by atoms with E-state index in [0.29, 0.717) is 16.9 Å². The van der Waals surface area contributed by atoms with Gasteiger partial charge in [-0.3, -0.25) is 14.3 Å². The molecule has 2 unspecified atom stereocenters. The number of aromatic nitrogens is 3. The van der Waals surface area contributed by atoms with Crippen molar-refractivity contribution in [3.8, 4) is 22.6 Å². The Bertz CT molecular complexity index is 2010. The van der Waals surface area contributed by atoms with Gasteiger partial charge in [-0.1, -0.05) is 55.2 Å². The van der Waals surface area contributed by atoms with Gasteiger partial charge in [0.25, 0.3) is 0 Å². The predicted molar refractivity (Wildman–Crippen MR) is 177 cm³/mol. The molecule has 240 valence electrons. The Kier molecular flexibility index (Phi) is 8.15. The summed E-state index contributed by atoms with van der Waals surface area (Å²) in [5, 5.41) is -0.782. The number of carbonyl (C=O) groups excluding carboxylic acids is 1. The average molecular weight is 690 g/mol. The minimum Gasteiger partial charge on any atom is -0.487 e. The first kappa shape index (κ1) is 32.0. The summed E-state index contributed by atoms with van der Waals surface area (Å²) in [5.41, 5.74) is 5.83. The molecule has 4 aromatic rings. The van der Waals surface area contributed by atoms with Crippen LogP contribution >= 0.6 is 34.8 Å². The number of halogens is 5. The molecule has 0 spiro atoms. The number of ether oxygens (including phenoxy) is 1. The Morgan fingerprint density at radius 3 is 2.57 bits per heavy atom. The molecular formula is C32H29Cl3F2N6O3. The summed E-state index contributed by atoms with van der Waals surface area (Å²) in [4.78, 5) is 39.4. The second-order valence-corrected chi connectivity index (χ2v) is 12.9. The molecule has 2 N–H and O–H groups in total. The first-order valence-electron chi connectivity index (χ1n) is 14.5. The molecule has 14 heteroatoms. The van der Waals surface area contributed by atoms with E-state index in [-0.39, 0.29) is 75.8 Å². The van der Waals surface area contributed by atoms with Crippen molar-refractivity contribution in [3.05, 3.63) is 79.4 Å². The maximum absolute atomic E-state index is 17.0. The van der Waals surface area contributed by atoms with Crippen LogP contribution in [-0.4, -0.2) is 57.1 Å². The van der Waals surface area contributed by atoms with E-state index in [4.69, 9.17) is 45.3 Å². The highest BCUT2D eigenvalue weighted by Crippen LogP contribution is 2.51. The first-order chi connectivity index (χ1) is 21.8. The normalized spacial score (nSPS) is 17.6. The summed E-state index contributed by atoms with van der Waals surface area (Å²) < 4.78 is 40.2. The van der Waals surface area contributed by atoms with Crippen LogP contribution in [-0.2, 0) is 4.79 Å². The Labute approximate surface area is 278 Å². The zero-order valence-electron chi connectivity index (χ0n) is 25.3. The van der Waals surface area contributed by atoms with Crippen LogP contribution in [0.2, 0.25) is 15.1 Å². The highest BCUT2D eigenvalue weighted by molar-refractivity contribution is 6.40. The first-order valence-corrected chi connectivity index (χ1v) is 15.6. The van der Waals surface area contributed by atoms with E-state index < -0.39 is 39.5 Å². The molecule has 9 nitrogen and oxygen atoms in total. The van der Waals surface area contributed by atoms with E-state index in [1.165, 1.54) is 10.6 Å². The molecule has 2 aromatic heterocycles. The van der Waals surface area contributed by atoms with Crippen LogP contribution in [0.4, 0.5) is 20.3 Å². The quantitative estimate of drug-likeness (QED) is 0.145. The second-order valence-electron chi connectivity index (χ2n) is 11.7. The molecule has 1 amide bonds. The zero-order valence-corrected chi connectivity index (χ0v) is 27.6. The number of nitrogens with zero attached hydrogens (tertiary/aromatic N) is 5. The lowest BCUT2D eigenvalue weighted by Crippen LogP contribution is -2.61. The van der Waals surface area contributed by atoms with E-state index in [0.717, 1.165) is 6.07 Å². The van der Waals surface area contributed by atoms with Crippen molar-refractivity contribution in [1.29, 1.82) is 0 Å². The number of rotatable bonds is 4. The number of carbonyl (C=O) groups is 1. The Hall–Kier alpha value is -3.93. The summed E-state index contributed by atoms with van der Waals surface area (Å²) in [6, 6.07) is 1.91. The summed E-state index contributed by atoms with van der Waals surface area (Å²) in [6.45, 7) is 11.4. The summed E-state index contributed by atoms with van der Waals surface area (Å²) >= 11 is 19.6. The van der Waals surface area contributed by atoms with Gasteiger partial charge in [0.1, 0.15) is 12.4 Å². The van der Waals surface area contributed by atoms with Gasteiger partial charge in [-0.25, -0.2) is 13.6 Å². The van der Waals surface area contributed by atoms with Crippen molar-refractivity contribution in [1.82, 2.24) is 19.4 Å². The van der Waals surface area contributed by atoms with Crippen LogP contribution in [0.3, 0.4) is 0 Å². The SMILES string of the molecule is C=CC(=O)N1CC(C)N2c3nc(=O)n(-c4c(C)ccnc4C(C)C)c4c(Cl)c(-c5c(N)c(Cl)cc(Cl)c5F)c(F)c(c34)OCC2C1. The molecule has 2 aliphatic heterocycles. The van der Waals surface area contributed by atoms with Gasteiger partial charge in [-0.15, -0.1) is 0 Å². The number of hydrogen-bond donors (Lipinski definition) is 1. The fourth-order valence-electron chi connectivity index (χ4n) is 6.44. The molecule has 2 aliphatic rings. The highest BCUT2D eigenvalue weighted by Gasteiger charge is 2.41. The third kappa shape index (κ3) is 4.78. The average Bonchev–Trinajstić information content (AvgIpc) is 3.17. The van der Waals surface area contributed by atoms with Crippen molar-refractivity contribution in [3.63, 3.8) is 0 Å². The predicted octanol–water partition coefficient (Wildman–Crippen LogP) is 6.68. The fraction of sp³-hybridized carbons (Fsp3) is 0.312. The fourth-order valence-corrected chi connectivity index (χ4v) is 7.26. The number of nitrogen functional groups attached to an aromatic ring is 1. The van der Waals surface area contributed by atoms with Gasteiger partial charge in [0.15, 0.2) is 17.4 Å². The molecule has 2 aromatic carbocycles. The number of anilines is 2. The third-order valence-electron chi connectivity index (χ3n) is 8.47. The van der Waals surface area contributed by atoms with E-state index in [1.54, 1.807) is 24.1 Å². The zero-order chi connectivity index (χ0) is 33.4. The smallest absolute Gasteiger partial charge is 0.354 e. The lowest BCUT2D eigenvalue weighted by molar-refractivity contribution is -0.127. The summed E-state index contributed by atoms with van der Waals surface area (Å²) in [6.07, 6.45) is 2.84. The van der Waals surface area contributed by atoms with Gasteiger partial charge >= 0.3 is 5.69 Å². The van der Waals surface area contributed by atoms with Crippen molar-refractivity contribution in [2.75, 3.05) is 30.3 Å². The van der Waals surface area contributed by atoms with Gasteiger partial charge in [0, 0.05) is 36.5 Å². The third-order valence-corrected chi connectivity index (χ3v) is 9.42. The molecule has 0 saturated carbocycles. The van der Waals surface area contributed by atoms with E-state index >= 15 is 8.78 Å². The van der Waals surface area contributed by atoms with Crippen LogP contribution in [0.15, 0.2) is 35.8 Å². The standard InChI is InChI=1S/C32H29Cl3F2N6O3/c1-6-19(44)41-10-15(5)42-16(11-41)12-46-30-22-29(23(35)20(25(30)37)21-24(36)17(33)9-18(34)26(21)38)43(32(45)40-31(22)42)28-14(4)7-8-39-27(28)13(2)3/h6-9,13,15-16H,1,10-12,38H2,2-5H3. The highest BCUT2D eigenvalue weighted by atomic mass is 35.5. The Balaban J connectivity index is 1.80. The number of hydrogen-bond acceptors (Lipinski definition) is 7. The van der Waals surface area contributed by atoms with Gasteiger partial charge in [0.05, 0.1) is 49.1 Å². The molecule has 1 saturated heterocycles. The van der Waals surface area contributed by atoms with E-state index in [2.05, 4.69) is 16.5 Å². The number of benzene rings is 2. The van der Waals surface area contributed by atoms with Crippen LogP contribution < -0.4 is 21.1 Å². The molecule has 0 bridgehead atoms. The molecule has 0 radical (unpaired) electrons. The molecule has 6 rings (SSSR count). The Morgan fingerprint density at radius 1 is 1.17 bits per heavy atom. The monoisotopic (exact) mass is 688 g/mol. The number of amides is 1. The maximum atomic E-state index is 17.0. The van der Waals surface area contributed by atoms with E-state index in [1.807, 2.05) is 25.7 Å². The topological polar surface area (TPSA) is 107 Å². The molecule has 4 heterocycles. The largest absolute Gasteiger partial charge is 0.487 e. The molecule has 46 heavy (non-hydrogen) atoms. The molecular weight excluding hydrogens is 661 g/mol. The Morgan fingerprint density at radius 2 is 1.89 bits per heavy atom. The number of aryl methyl sites for hydroxylation is 1. The minimum atomic E-state index is -1.06. The van der Waals surface area contributed by atoms with Crippen LogP contribution in [0, 0.1) is 18.6 Å². The van der Waals surface area contributed by atoms with Crippen LogP contribution in [0.25, 0.3) is 27.7 Å². The molecule has 1 fully saturated rings. The lowest BCUT2D eigenvalue weighted by atomic mass is 9.98. The number of fused-ring (bicyclic) bond motifs is 2. The summed E-state index contributed by atoms with van der Waals surface area (Å²) in [5.74, 6) is -2.75.